The third kappa shape index (κ3) is 2.66. The van der Waals surface area contributed by atoms with Gasteiger partial charge in [0.25, 0.3) is 11.6 Å². The topological polar surface area (TPSA) is 90.7 Å². The molecular formula is C14H9ClN2O5. The quantitative estimate of drug-likeness (QED) is 0.692. The third-order valence-electron chi connectivity index (χ3n) is 3.05. The van der Waals surface area contributed by atoms with Gasteiger partial charge in [-0.15, -0.1) is 0 Å². The maximum absolute atomic E-state index is 12.2. The number of rotatable bonds is 3. The molecule has 0 atom stereocenters. The van der Waals surface area contributed by atoms with Gasteiger partial charge in [0, 0.05) is 17.7 Å². The predicted molar refractivity (Wildman–Crippen MR) is 78.6 cm³/mol. The molecular weight excluding hydrogens is 312 g/mol. The number of nitrogens with one attached hydrogen (secondary N) is 1. The molecule has 0 saturated carbocycles. The summed E-state index contributed by atoms with van der Waals surface area (Å²) in [5.41, 5.74) is 0.500. The number of fused-ring (bicyclic) bond motifs is 1. The van der Waals surface area contributed by atoms with Gasteiger partial charge < -0.3 is 14.8 Å². The highest BCUT2D eigenvalue weighted by atomic mass is 35.5. The average Bonchev–Trinajstić information content (AvgIpc) is 2.96. The summed E-state index contributed by atoms with van der Waals surface area (Å²) in [6.07, 6.45) is 0. The Morgan fingerprint density at radius 2 is 1.95 bits per heavy atom. The molecule has 2 aromatic rings. The summed E-state index contributed by atoms with van der Waals surface area (Å²) in [6.45, 7) is 0.120. The number of amides is 1. The van der Waals surface area contributed by atoms with E-state index in [0.29, 0.717) is 17.1 Å². The number of non-ortho nitro benzene ring substituents is 1. The molecule has 7 nitrogen and oxygen atoms in total. The summed E-state index contributed by atoms with van der Waals surface area (Å²) in [6, 6.07) is 8.59. The lowest BCUT2D eigenvalue weighted by Crippen LogP contribution is -2.12. The van der Waals surface area contributed by atoms with Crippen LogP contribution in [0.15, 0.2) is 36.4 Å². The number of benzene rings is 2. The van der Waals surface area contributed by atoms with Crippen LogP contribution in [0.25, 0.3) is 0 Å². The van der Waals surface area contributed by atoms with Crippen LogP contribution in [0.2, 0.25) is 5.02 Å². The molecule has 0 aromatic heterocycles. The molecule has 0 aliphatic carbocycles. The second-order valence-electron chi connectivity index (χ2n) is 4.44. The Hall–Kier alpha value is -2.80. The van der Waals surface area contributed by atoms with Gasteiger partial charge in [-0.05, 0) is 24.3 Å². The molecule has 3 rings (SSSR count). The molecule has 0 saturated heterocycles. The minimum absolute atomic E-state index is 0.0864. The van der Waals surface area contributed by atoms with E-state index in [9.17, 15) is 14.9 Å². The summed E-state index contributed by atoms with van der Waals surface area (Å²) in [5.74, 6) is 0.654. The highest BCUT2D eigenvalue weighted by Gasteiger charge is 2.17. The molecule has 8 heteroatoms. The Morgan fingerprint density at radius 3 is 2.68 bits per heavy atom. The second-order valence-corrected chi connectivity index (χ2v) is 4.85. The SMILES string of the molecule is O=C(Nc1ccc([N+](=O)[O-])cc1Cl)c1ccc2c(c1)OCO2. The van der Waals surface area contributed by atoms with Gasteiger partial charge in [-0.2, -0.15) is 0 Å². The van der Waals surface area contributed by atoms with Crippen molar-refractivity contribution in [1.82, 2.24) is 0 Å². The van der Waals surface area contributed by atoms with E-state index in [1.807, 2.05) is 0 Å². The van der Waals surface area contributed by atoms with Crippen molar-refractivity contribution in [2.45, 2.75) is 0 Å². The number of ether oxygens (including phenoxy) is 2. The van der Waals surface area contributed by atoms with Gasteiger partial charge in [-0.25, -0.2) is 0 Å². The number of nitro groups is 1. The van der Waals surface area contributed by atoms with Crippen LogP contribution in [0.1, 0.15) is 10.4 Å². The Labute approximate surface area is 129 Å². The van der Waals surface area contributed by atoms with Gasteiger partial charge in [0.05, 0.1) is 15.6 Å². The molecule has 0 bridgehead atoms. The zero-order valence-electron chi connectivity index (χ0n) is 11.0. The molecule has 0 spiro atoms. The van der Waals surface area contributed by atoms with Crippen molar-refractivity contribution in [3.8, 4) is 11.5 Å². The number of halogens is 1. The number of hydrogen-bond donors (Lipinski definition) is 1. The van der Waals surface area contributed by atoms with E-state index in [2.05, 4.69) is 5.32 Å². The smallest absolute Gasteiger partial charge is 0.271 e. The monoisotopic (exact) mass is 320 g/mol. The molecule has 1 amide bonds. The average molecular weight is 321 g/mol. The Kier molecular flexibility index (Phi) is 3.56. The van der Waals surface area contributed by atoms with Gasteiger partial charge in [0.1, 0.15) is 0 Å². The van der Waals surface area contributed by atoms with Gasteiger partial charge in [-0.3, -0.25) is 14.9 Å². The molecule has 1 N–H and O–H groups in total. The van der Waals surface area contributed by atoms with Crippen molar-refractivity contribution in [2.24, 2.45) is 0 Å². The van der Waals surface area contributed by atoms with E-state index >= 15 is 0 Å². The maximum Gasteiger partial charge on any atom is 0.271 e. The summed E-state index contributed by atoms with van der Waals surface area (Å²) in [5, 5.41) is 13.3. The largest absolute Gasteiger partial charge is 0.454 e. The fourth-order valence-corrected chi connectivity index (χ4v) is 2.17. The number of nitro benzene ring substituents is 1. The normalized spacial score (nSPS) is 12.0. The lowest BCUT2D eigenvalue weighted by Gasteiger charge is -2.07. The number of nitrogens with zero attached hydrogens (tertiary/aromatic N) is 1. The molecule has 2 aromatic carbocycles. The van der Waals surface area contributed by atoms with Crippen molar-refractivity contribution in [3.05, 3.63) is 57.1 Å². The van der Waals surface area contributed by atoms with Gasteiger partial charge >= 0.3 is 0 Å². The first-order valence-electron chi connectivity index (χ1n) is 6.19. The Morgan fingerprint density at radius 1 is 1.18 bits per heavy atom. The van der Waals surface area contributed by atoms with Crippen LogP contribution < -0.4 is 14.8 Å². The zero-order valence-corrected chi connectivity index (χ0v) is 11.8. The summed E-state index contributed by atoms with van der Waals surface area (Å²) < 4.78 is 10.4. The van der Waals surface area contributed by atoms with Gasteiger partial charge in [0.2, 0.25) is 6.79 Å². The van der Waals surface area contributed by atoms with Crippen LogP contribution in [0.5, 0.6) is 11.5 Å². The van der Waals surface area contributed by atoms with E-state index in [-0.39, 0.29) is 23.2 Å². The number of hydrogen-bond acceptors (Lipinski definition) is 5. The van der Waals surface area contributed by atoms with E-state index < -0.39 is 10.8 Å². The molecule has 0 unspecified atom stereocenters. The fourth-order valence-electron chi connectivity index (χ4n) is 1.95. The molecule has 0 radical (unpaired) electrons. The van der Waals surface area contributed by atoms with Crippen LogP contribution in [0.4, 0.5) is 11.4 Å². The minimum atomic E-state index is -0.560. The fraction of sp³-hybridized carbons (Fsp3) is 0.0714. The van der Waals surface area contributed by atoms with Crippen molar-refractivity contribution < 1.29 is 19.2 Å². The van der Waals surface area contributed by atoms with Crippen LogP contribution in [0.3, 0.4) is 0 Å². The van der Waals surface area contributed by atoms with Crippen molar-refractivity contribution in [1.29, 1.82) is 0 Å². The molecule has 1 heterocycles. The standard InChI is InChI=1S/C14H9ClN2O5/c15-10-6-9(17(19)20)2-3-11(10)16-14(18)8-1-4-12-13(5-8)22-7-21-12/h1-6H,7H2,(H,16,18). The van der Waals surface area contributed by atoms with Crippen molar-refractivity contribution in [3.63, 3.8) is 0 Å². The first-order valence-corrected chi connectivity index (χ1v) is 6.57. The summed E-state index contributed by atoms with van der Waals surface area (Å²) in [4.78, 5) is 22.3. The number of carbonyl (C=O) groups is 1. The highest BCUT2D eigenvalue weighted by molar-refractivity contribution is 6.34. The second kappa shape index (κ2) is 5.53. The lowest BCUT2D eigenvalue weighted by molar-refractivity contribution is -0.384. The minimum Gasteiger partial charge on any atom is -0.454 e. The first kappa shape index (κ1) is 14.2. The van der Waals surface area contributed by atoms with Crippen LogP contribution >= 0.6 is 11.6 Å². The lowest BCUT2D eigenvalue weighted by atomic mass is 10.2. The van der Waals surface area contributed by atoms with E-state index in [1.165, 1.54) is 18.2 Å². The molecule has 22 heavy (non-hydrogen) atoms. The first-order chi connectivity index (χ1) is 10.5. The molecule has 0 fully saturated rings. The van der Waals surface area contributed by atoms with Gasteiger partial charge in [0.15, 0.2) is 11.5 Å². The third-order valence-corrected chi connectivity index (χ3v) is 3.36. The summed E-state index contributed by atoms with van der Waals surface area (Å²) >= 11 is 5.93. The van der Waals surface area contributed by atoms with Crippen LogP contribution in [0, 0.1) is 10.1 Å². The van der Waals surface area contributed by atoms with E-state index in [1.54, 1.807) is 18.2 Å². The molecule has 1 aliphatic heterocycles. The van der Waals surface area contributed by atoms with Crippen LogP contribution in [-0.2, 0) is 0 Å². The molecule has 1 aliphatic rings. The van der Waals surface area contributed by atoms with E-state index in [4.69, 9.17) is 21.1 Å². The van der Waals surface area contributed by atoms with Gasteiger partial charge in [-0.1, -0.05) is 11.6 Å². The van der Waals surface area contributed by atoms with Crippen molar-refractivity contribution in [2.75, 3.05) is 12.1 Å². The molecule has 112 valence electrons. The summed E-state index contributed by atoms with van der Waals surface area (Å²) in [7, 11) is 0. The highest BCUT2D eigenvalue weighted by Crippen LogP contribution is 2.33. The maximum atomic E-state index is 12.2. The number of carbonyl (C=O) groups excluding carboxylic acids is 1. The van der Waals surface area contributed by atoms with E-state index in [0.717, 1.165) is 0 Å². The Balaban J connectivity index is 1.81. The Bertz CT molecular complexity index is 778. The van der Waals surface area contributed by atoms with Crippen LogP contribution in [-0.4, -0.2) is 17.6 Å². The zero-order chi connectivity index (χ0) is 15.7. The number of anilines is 1. The van der Waals surface area contributed by atoms with Crippen molar-refractivity contribution >= 4 is 28.9 Å². The predicted octanol–water partition coefficient (Wildman–Crippen LogP) is 3.23.